The molecule has 4 heterocycles. The number of piperidine rings is 1. The van der Waals surface area contributed by atoms with Crippen molar-refractivity contribution in [3.63, 3.8) is 0 Å². The molecule has 2 aliphatic rings. The lowest BCUT2D eigenvalue weighted by atomic mass is 9.90. The number of hydrogen-bond donors (Lipinski definition) is 2. The molecule has 0 bridgehead atoms. The fourth-order valence-corrected chi connectivity index (χ4v) is 3.92. The summed E-state index contributed by atoms with van der Waals surface area (Å²) in [6, 6.07) is 6.37. The van der Waals surface area contributed by atoms with Gasteiger partial charge in [-0.15, -0.1) is 0 Å². The average molecular weight is 369 g/mol. The van der Waals surface area contributed by atoms with E-state index in [4.69, 9.17) is 14.8 Å². The molecule has 2 fully saturated rings. The van der Waals surface area contributed by atoms with E-state index in [1.807, 2.05) is 12.4 Å². The summed E-state index contributed by atoms with van der Waals surface area (Å²) in [5.41, 5.74) is 2.41. The van der Waals surface area contributed by atoms with Crippen molar-refractivity contribution < 1.29 is 9.84 Å². The Morgan fingerprint density at radius 3 is 2.63 bits per heavy atom. The fourth-order valence-electron chi connectivity index (χ4n) is 3.92. The second kappa shape index (κ2) is 8.63. The van der Waals surface area contributed by atoms with Gasteiger partial charge in [0, 0.05) is 50.6 Å². The Hall–Kier alpha value is -2.25. The minimum Gasteiger partial charge on any atom is -0.395 e. The summed E-state index contributed by atoms with van der Waals surface area (Å²) in [4.78, 5) is 15.8. The molecule has 27 heavy (non-hydrogen) atoms. The Morgan fingerprint density at radius 2 is 1.93 bits per heavy atom. The van der Waals surface area contributed by atoms with Crippen molar-refractivity contribution in [3.8, 4) is 0 Å². The number of aliphatic hydroxyl groups is 1. The molecule has 2 N–H and O–H groups in total. The van der Waals surface area contributed by atoms with Gasteiger partial charge in [0.05, 0.1) is 18.9 Å². The van der Waals surface area contributed by atoms with Crippen LogP contribution in [0.15, 0.2) is 30.6 Å². The van der Waals surface area contributed by atoms with Crippen LogP contribution in [0.1, 0.15) is 42.4 Å². The lowest BCUT2D eigenvalue weighted by molar-refractivity contribution is 0.193. The maximum Gasteiger partial charge on any atom is 0.224 e. The first-order chi connectivity index (χ1) is 13.3. The predicted octanol–water partition coefficient (Wildman–Crippen LogP) is 2.16. The van der Waals surface area contributed by atoms with Gasteiger partial charge in [-0.2, -0.15) is 4.98 Å². The molecule has 144 valence electrons. The van der Waals surface area contributed by atoms with Crippen molar-refractivity contribution in [2.24, 2.45) is 0 Å². The van der Waals surface area contributed by atoms with Crippen LogP contribution in [0.2, 0.25) is 0 Å². The Balaban J connectivity index is 1.49. The summed E-state index contributed by atoms with van der Waals surface area (Å²) in [6.07, 6.45) is 6.97. The molecule has 0 saturated carbocycles. The molecule has 0 radical (unpaired) electrons. The van der Waals surface area contributed by atoms with Crippen LogP contribution in [0.25, 0.3) is 0 Å². The summed E-state index contributed by atoms with van der Waals surface area (Å²) in [5.74, 6) is 2.48. The Morgan fingerprint density at radius 1 is 1.11 bits per heavy atom. The summed E-state index contributed by atoms with van der Waals surface area (Å²) in [7, 11) is 0. The zero-order chi connectivity index (χ0) is 18.5. The van der Waals surface area contributed by atoms with E-state index in [0.717, 1.165) is 57.1 Å². The van der Waals surface area contributed by atoms with E-state index in [9.17, 15) is 0 Å². The van der Waals surface area contributed by atoms with Crippen LogP contribution in [-0.4, -0.2) is 59.5 Å². The largest absolute Gasteiger partial charge is 0.395 e. The average Bonchev–Trinajstić information content (AvgIpc) is 3.28. The molecule has 7 heteroatoms. The second-order valence-corrected chi connectivity index (χ2v) is 7.23. The van der Waals surface area contributed by atoms with Gasteiger partial charge < -0.3 is 20.1 Å². The third-order valence-electron chi connectivity index (χ3n) is 5.47. The van der Waals surface area contributed by atoms with E-state index in [2.05, 4.69) is 38.4 Å². The van der Waals surface area contributed by atoms with E-state index in [-0.39, 0.29) is 6.61 Å². The van der Waals surface area contributed by atoms with Gasteiger partial charge >= 0.3 is 0 Å². The highest BCUT2D eigenvalue weighted by molar-refractivity contribution is 5.46. The quantitative estimate of drug-likeness (QED) is 0.807. The van der Waals surface area contributed by atoms with Gasteiger partial charge in [0.15, 0.2) is 0 Å². The molecule has 7 nitrogen and oxygen atoms in total. The molecule has 0 unspecified atom stereocenters. The van der Waals surface area contributed by atoms with Crippen LogP contribution in [0.3, 0.4) is 0 Å². The molecule has 2 aromatic heterocycles. The summed E-state index contributed by atoms with van der Waals surface area (Å²) < 4.78 is 5.54. The Bertz CT molecular complexity index is 728. The number of pyridine rings is 1. The second-order valence-electron chi connectivity index (χ2n) is 7.23. The minimum absolute atomic E-state index is 0.0623. The normalized spacial score (nSPS) is 20.8. The number of nitrogens with zero attached hydrogens (tertiary/aromatic N) is 4. The third-order valence-corrected chi connectivity index (χ3v) is 5.47. The number of aromatic nitrogens is 3. The lowest BCUT2D eigenvalue weighted by Crippen LogP contribution is -2.34. The van der Waals surface area contributed by atoms with Crippen LogP contribution >= 0.6 is 0 Å². The standard InChI is InChI=1S/C20H27N5O2/c26-11-8-22-20-23-18(17-5-12-27-14-17)13-19(24-20)25-9-3-16(4-10-25)15-1-6-21-7-2-15/h1-2,6-7,13,16-17,26H,3-5,8-12,14H2,(H,22,23,24)/t17-/m1/s1. The molecule has 1 atom stereocenters. The van der Waals surface area contributed by atoms with Crippen molar-refractivity contribution in [1.82, 2.24) is 15.0 Å². The number of anilines is 2. The maximum atomic E-state index is 9.11. The smallest absolute Gasteiger partial charge is 0.224 e. The maximum absolute atomic E-state index is 9.11. The molecule has 0 aliphatic carbocycles. The number of hydrogen-bond acceptors (Lipinski definition) is 7. The molecule has 2 aliphatic heterocycles. The summed E-state index contributed by atoms with van der Waals surface area (Å²) in [5, 5.41) is 12.2. The van der Waals surface area contributed by atoms with Crippen molar-refractivity contribution in [2.45, 2.75) is 31.1 Å². The van der Waals surface area contributed by atoms with Gasteiger partial charge in [-0.1, -0.05) is 0 Å². The molecule has 0 aromatic carbocycles. The van der Waals surface area contributed by atoms with Gasteiger partial charge in [0.2, 0.25) is 5.95 Å². The molecule has 0 spiro atoms. The van der Waals surface area contributed by atoms with Gasteiger partial charge in [-0.25, -0.2) is 4.98 Å². The minimum atomic E-state index is 0.0623. The van der Waals surface area contributed by atoms with Crippen molar-refractivity contribution in [3.05, 3.63) is 41.9 Å². The van der Waals surface area contributed by atoms with Crippen molar-refractivity contribution in [1.29, 1.82) is 0 Å². The van der Waals surface area contributed by atoms with Gasteiger partial charge in [-0.05, 0) is 42.9 Å². The lowest BCUT2D eigenvalue weighted by Gasteiger charge is -2.33. The highest BCUT2D eigenvalue weighted by Crippen LogP contribution is 2.32. The van der Waals surface area contributed by atoms with E-state index < -0.39 is 0 Å². The number of nitrogens with one attached hydrogen (secondary N) is 1. The topological polar surface area (TPSA) is 83.4 Å². The van der Waals surface area contributed by atoms with Gasteiger partial charge in [0.1, 0.15) is 5.82 Å². The van der Waals surface area contributed by atoms with E-state index in [1.54, 1.807) is 0 Å². The van der Waals surface area contributed by atoms with E-state index in [1.165, 1.54) is 5.56 Å². The third kappa shape index (κ3) is 4.36. The first-order valence-corrected chi connectivity index (χ1v) is 9.80. The molecule has 4 rings (SSSR count). The van der Waals surface area contributed by atoms with Crippen LogP contribution in [-0.2, 0) is 4.74 Å². The molecular formula is C20H27N5O2. The zero-order valence-electron chi connectivity index (χ0n) is 15.5. The van der Waals surface area contributed by atoms with Crippen LogP contribution in [0.4, 0.5) is 11.8 Å². The molecular weight excluding hydrogens is 342 g/mol. The summed E-state index contributed by atoms with van der Waals surface area (Å²) >= 11 is 0. The zero-order valence-corrected chi connectivity index (χ0v) is 15.5. The van der Waals surface area contributed by atoms with Crippen LogP contribution in [0.5, 0.6) is 0 Å². The predicted molar refractivity (Wildman–Crippen MR) is 104 cm³/mol. The van der Waals surface area contributed by atoms with Crippen LogP contribution in [0, 0.1) is 0 Å². The Kier molecular flexibility index (Phi) is 5.79. The Labute approximate surface area is 159 Å². The van der Waals surface area contributed by atoms with Crippen molar-refractivity contribution >= 4 is 11.8 Å². The monoisotopic (exact) mass is 369 g/mol. The molecule has 2 aromatic rings. The molecule has 2 saturated heterocycles. The van der Waals surface area contributed by atoms with Crippen molar-refractivity contribution in [2.75, 3.05) is 49.7 Å². The first kappa shape index (κ1) is 18.1. The number of rotatable bonds is 6. The first-order valence-electron chi connectivity index (χ1n) is 9.80. The van der Waals surface area contributed by atoms with Gasteiger partial charge in [0.25, 0.3) is 0 Å². The fraction of sp³-hybridized carbons (Fsp3) is 0.550. The highest BCUT2D eigenvalue weighted by Gasteiger charge is 2.25. The molecule has 0 amide bonds. The summed E-state index contributed by atoms with van der Waals surface area (Å²) in [6.45, 7) is 3.98. The highest BCUT2D eigenvalue weighted by atomic mass is 16.5. The SMILES string of the molecule is OCCNc1nc([C@@H]2CCOC2)cc(N2CCC(c3ccncc3)CC2)n1. The van der Waals surface area contributed by atoms with E-state index in [0.29, 0.717) is 24.3 Å². The van der Waals surface area contributed by atoms with Crippen LogP contribution < -0.4 is 10.2 Å². The number of aliphatic hydroxyl groups excluding tert-OH is 1. The van der Waals surface area contributed by atoms with Gasteiger partial charge in [-0.3, -0.25) is 4.98 Å². The number of ether oxygens (including phenoxy) is 1. The van der Waals surface area contributed by atoms with E-state index >= 15 is 0 Å².